The Morgan fingerprint density at radius 1 is 1.28 bits per heavy atom. The summed E-state index contributed by atoms with van der Waals surface area (Å²) in [5, 5.41) is -1.70. The Morgan fingerprint density at radius 2 is 1.89 bits per heavy atom. The van der Waals surface area contributed by atoms with Gasteiger partial charge in [0.25, 0.3) is 0 Å². The molecule has 1 aliphatic rings. The fourth-order valence-corrected chi connectivity index (χ4v) is 1.71. The maximum atomic E-state index is 5.41. The van der Waals surface area contributed by atoms with Crippen molar-refractivity contribution in [1.82, 2.24) is 9.97 Å². The molecule has 3 nitrogen and oxygen atoms in total. The molecule has 0 bridgehead atoms. The van der Waals surface area contributed by atoms with Crippen molar-refractivity contribution in [2.24, 2.45) is 0 Å². The number of aromatic nitrogens is 2. The van der Waals surface area contributed by atoms with Gasteiger partial charge in [0.15, 0.2) is 0 Å². The summed E-state index contributed by atoms with van der Waals surface area (Å²) in [6.45, 7) is 6.02. The van der Waals surface area contributed by atoms with Crippen LogP contribution in [-0.2, 0) is 6.42 Å². The van der Waals surface area contributed by atoms with E-state index in [1.54, 1.807) is 0 Å². The molecule has 0 amide bonds. The number of hydrogen-bond acceptors (Lipinski definition) is 3. The molecular formula is C12H17B3N2O. The molecule has 1 aliphatic carbocycles. The monoisotopic (exact) mass is 238 g/mol. The summed E-state index contributed by atoms with van der Waals surface area (Å²) in [4.78, 5) is 8.32. The SMILES string of the molecule is CC.[B]C([B])([B])Oc1ncnc(C2CC2)c1CC. The van der Waals surface area contributed by atoms with E-state index >= 15 is 0 Å². The van der Waals surface area contributed by atoms with E-state index in [1.807, 2.05) is 20.8 Å². The van der Waals surface area contributed by atoms with Crippen LogP contribution in [-0.4, -0.2) is 38.8 Å². The highest BCUT2D eigenvalue weighted by Crippen LogP contribution is 2.42. The Hall–Kier alpha value is -0.925. The highest BCUT2D eigenvalue weighted by molar-refractivity contribution is 6.58. The van der Waals surface area contributed by atoms with E-state index in [0.29, 0.717) is 11.8 Å². The Labute approximate surface area is 113 Å². The minimum Gasteiger partial charge on any atom is -0.501 e. The van der Waals surface area contributed by atoms with Crippen molar-refractivity contribution < 1.29 is 4.74 Å². The van der Waals surface area contributed by atoms with Crippen molar-refractivity contribution in [3.05, 3.63) is 17.6 Å². The molecule has 2 rings (SSSR count). The number of nitrogens with zero attached hydrogens (tertiary/aromatic N) is 2. The first kappa shape index (κ1) is 15.1. The number of ether oxygens (including phenoxy) is 1. The fraction of sp³-hybridized carbons (Fsp3) is 0.667. The molecule has 18 heavy (non-hydrogen) atoms. The van der Waals surface area contributed by atoms with Crippen LogP contribution in [0.5, 0.6) is 5.88 Å². The summed E-state index contributed by atoms with van der Waals surface area (Å²) in [6.07, 6.45) is 4.58. The first-order valence-corrected chi connectivity index (χ1v) is 6.40. The molecule has 1 fully saturated rings. The van der Waals surface area contributed by atoms with Crippen molar-refractivity contribution in [2.75, 3.05) is 0 Å². The van der Waals surface area contributed by atoms with Crippen LogP contribution in [0.1, 0.15) is 50.8 Å². The second-order valence-electron chi connectivity index (χ2n) is 4.13. The molecule has 1 aromatic rings. The molecule has 1 aromatic heterocycles. The zero-order valence-electron chi connectivity index (χ0n) is 11.3. The Bertz CT molecular complexity index is 389. The molecule has 0 N–H and O–H groups in total. The van der Waals surface area contributed by atoms with Crippen molar-refractivity contribution in [3.63, 3.8) is 0 Å². The Morgan fingerprint density at radius 3 is 2.33 bits per heavy atom. The quantitative estimate of drug-likeness (QED) is 0.744. The van der Waals surface area contributed by atoms with Gasteiger partial charge in [-0.3, -0.25) is 0 Å². The van der Waals surface area contributed by atoms with Crippen LogP contribution in [0.3, 0.4) is 0 Å². The van der Waals surface area contributed by atoms with E-state index in [4.69, 9.17) is 28.3 Å². The minimum absolute atomic E-state index is 0.395. The van der Waals surface area contributed by atoms with Gasteiger partial charge in [0.2, 0.25) is 5.88 Å². The predicted octanol–water partition coefficient (Wildman–Crippen LogP) is 1.44. The van der Waals surface area contributed by atoms with E-state index in [2.05, 4.69) is 9.97 Å². The lowest BCUT2D eigenvalue weighted by atomic mass is 9.52. The second kappa shape index (κ2) is 6.30. The number of rotatable bonds is 4. The third-order valence-electron chi connectivity index (χ3n) is 2.53. The lowest BCUT2D eigenvalue weighted by molar-refractivity contribution is 0.300. The van der Waals surface area contributed by atoms with E-state index in [-0.39, 0.29) is 0 Å². The zero-order chi connectivity index (χ0) is 13.8. The average molecular weight is 238 g/mol. The van der Waals surface area contributed by atoms with E-state index in [1.165, 1.54) is 19.2 Å². The van der Waals surface area contributed by atoms with Gasteiger partial charge in [0.1, 0.15) is 29.9 Å². The third kappa shape index (κ3) is 4.07. The standard InChI is InChI=1S/C10H11B3N2O.C2H6/c1-2-7-8(6-3-4-6)14-5-15-9(7)16-10(11,12)13;1-2/h5-6H,2-4H2,1H3;1-2H3. The maximum Gasteiger partial charge on any atom is 0.218 e. The molecule has 90 valence electrons. The maximum absolute atomic E-state index is 5.41. The van der Waals surface area contributed by atoms with Crippen molar-refractivity contribution in [1.29, 1.82) is 0 Å². The zero-order valence-corrected chi connectivity index (χ0v) is 11.3. The lowest BCUT2D eigenvalue weighted by Gasteiger charge is -2.24. The van der Waals surface area contributed by atoms with Gasteiger partial charge in [-0.25, -0.2) is 9.97 Å². The second-order valence-corrected chi connectivity index (χ2v) is 4.13. The molecule has 0 spiro atoms. The van der Waals surface area contributed by atoms with Gasteiger partial charge in [-0.15, -0.1) is 0 Å². The molecule has 0 atom stereocenters. The van der Waals surface area contributed by atoms with Crippen LogP contribution in [0.2, 0.25) is 0 Å². The first-order valence-electron chi connectivity index (χ1n) is 6.40. The highest BCUT2D eigenvalue weighted by atomic mass is 16.5. The molecule has 0 saturated heterocycles. The van der Waals surface area contributed by atoms with Gasteiger partial charge < -0.3 is 4.74 Å². The molecule has 0 aromatic carbocycles. The van der Waals surface area contributed by atoms with Gasteiger partial charge in [0.05, 0.1) is 5.69 Å². The van der Waals surface area contributed by atoms with Crippen molar-refractivity contribution >= 4 is 23.5 Å². The van der Waals surface area contributed by atoms with Gasteiger partial charge in [0, 0.05) is 11.5 Å². The van der Waals surface area contributed by atoms with Crippen molar-refractivity contribution in [2.45, 2.75) is 51.3 Å². The summed E-state index contributed by atoms with van der Waals surface area (Å²) >= 11 is 0. The van der Waals surface area contributed by atoms with Gasteiger partial charge in [-0.05, 0) is 24.6 Å². The molecule has 0 unspecified atom stereocenters. The third-order valence-corrected chi connectivity index (χ3v) is 2.53. The predicted molar refractivity (Wildman–Crippen MR) is 75.4 cm³/mol. The Balaban J connectivity index is 0.000000771. The highest BCUT2D eigenvalue weighted by Gasteiger charge is 2.29. The fourth-order valence-electron chi connectivity index (χ4n) is 1.71. The molecule has 1 heterocycles. The van der Waals surface area contributed by atoms with Crippen molar-refractivity contribution in [3.8, 4) is 5.88 Å². The largest absolute Gasteiger partial charge is 0.501 e. The van der Waals surface area contributed by atoms with Crippen LogP contribution in [0.15, 0.2) is 6.33 Å². The summed E-state index contributed by atoms with van der Waals surface area (Å²) in [5.74, 6) is 0.926. The lowest BCUT2D eigenvalue weighted by Crippen LogP contribution is -2.38. The summed E-state index contributed by atoms with van der Waals surface area (Å²) in [5.41, 5.74) is 1.99. The van der Waals surface area contributed by atoms with E-state index in [0.717, 1.165) is 17.7 Å². The molecular weight excluding hydrogens is 221 g/mol. The van der Waals surface area contributed by atoms with Crippen LogP contribution < -0.4 is 4.74 Å². The Kier molecular flexibility index (Phi) is 5.30. The molecule has 0 aliphatic heterocycles. The molecule has 6 heteroatoms. The summed E-state index contributed by atoms with van der Waals surface area (Å²) < 4.78 is 5.22. The topological polar surface area (TPSA) is 35.0 Å². The summed E-state index contributed by atoms with van der Waals surface area (Å²) in [6, 6.07) is 0. The number of hydrogen-bond donors (Lipinski definition) is 0. The first-order chi connectivity index (χ1) is 8.51. The average Bonchev–Trinajstić information content (AvgIpc) is 3.13. The minimum atomic E-state index is -1.70. The van der Waals surface area contributed by atoms with Crippen LogP contribution >= 0.6 is 0 Å². The van der Waals surface area contributed by atoms with E-state index < -0.39 is 5.30 Å². The van der Waals surface area contributed by atoms with Crippen LogP contribution in [0.25, 0.3) is 0 Å². The normalized spacial score (nSPS) is 14.6. The molecule has 1 saturated carbocycles. The summed E-state index contributed by atoms with van der Waals surface area (Å²) in [7, 11) is 16.2. The van der Waals surface area contributed by atoms with Gasteiger partial charge in [-0.2, -0.15) is 0 Å². The van der Waals surface area contributed by atoms with Gasteiger partial charge >= 0.3 is 0 Å². The smallest absolute Gasteiger partial charge is 0.218 e. The van der Waals surface area contributed by atoms with E-state index in [9.17, 15) is 0 Å². The van der Waals surface area contributed by atoms with Gasteiger partial charge in [-0.1, -0.05) is 20.8 Å². The van der Waals surface area contributed by atoms with Crippen LogP contribution in [0.4, 0.5) is 0 Å². The molecule has 6 radical (unpaired) electrons. The van der Waals surface area contributed by atoms with Crippen LogP contribution in [0, 0.1) is 0 Å².